The van der Waals surface area contributed by atoms with E-state index in [2.05, 4.69) is 19.6 Å². The van der Waals surface area contributed by atoms with Crippen LogP contribution in [0.1, 0.15) is 25.0 Å². The Bertz CT molecular complexity index is 446. The Morgan fingerprint density at radius 1 is 1.32 bits per heavy atom. The van der Waals surface area contributed by atoms with Gasteiger partial charge in [-0.1, -0.05) is 30.3 Å². The molecule has 0 amide bonds. The average molecular weight is 278 g/mol. The third-order valence-corrected chi connectivity index (χ3v) is 3.34. The minimum atomic E-state index is -1.67. The fraction of sp³-hybridized carbons (Fsp3) is 0.400. The molecule has 0 bridgehead atoms. The summed E-state index contributed by atoms with van der Waals surface area (Å²) in [5, 5.41) is 9.95. The van der Waals surface area contributed by atoms with Crippen molar-refractivity contribution >= 4 is 14.1 Å². The van der Waals surface area contributed by atoms with Gasteiger partial charge in [-0.3, -0.25) is 4.79 Å². The number of aliphatic hydroxyl groups excluding tert-OH is 1. The molecule has 0 radical (unpaired) electrons. The lowest BCUT2D eigenvalue weighted by Gasteiger charge is -2.19. The van der Waals surface area contributed by atoms with Gasteiger partial charge in [-0.05, 0) is 32.1 Å². The van der Waals surface area contributed by atoms with Gasteiger partial charge >= 0.3 is 0 Å². The van der Waals surface area contributed by atoms with Crippen LogP contribution in [-0.4, -0.2) is 19.2 Å². The molecule has 0 saturated heterocycles. The van der Waals surface area contributed by atoms with Gasteiger partial charge in [0.05, 0.1) is 11.9 Å². The van der Waals surface area contributed by atoms with Crippen LogP contribution in [0.5, 0.6) is 0 Å². The van der Waals surface area contributed by atoms with E-state index in [0.717, 1.165) is 5.56 Å². The summed E-state index contributed by atoms with van der Waals surface area (Å²) in [4.78, 5) is 11.8. The van der Waals surface area contributed by atoms with E-state index in [1.807, 2.05) is 30.3 Å². The molecule has 0 aliphatic carbocycles. The van der Waals surface area contributed by atoms with Crippen molar-refractivity contribution in [3.63, 3.8) is 0 Å². The molecule has 3 nitrogen and oxygen atoms in total. The highest BCUT2D eigenvalue weighted by atomic mass is 28.4. The maximum Gasteiger partial charge on any atom is 0.241 e. The van der Waals surface area contributed by atoms with E-state index in [9.17, 15) is 9.90 Å². The number of ketones is 1. The van der Waals surface area contributed by atoms with Gasteiger partial charge in [0, 0.05) is 12.5 Å². The highest BCUT2D eigenvalue weighted by Crippen LogP contribution is 2.17. The smallest absolute Gasteiger partial charge is 0.241 e. The predicted molar refractivity (Wildman–Crippen MR) is 79.2 cm³/mol. The lowest BCUT2D eigenvalue weighted by atomic mass is 10.0. The zero-order valence-corrected chi connectivity index (χ0v) is 13.0. The van der Waals surface area contributed by atoms with Crippen molar-refractivity contribution in [3.05, 3.63) is 47.7 Å². The Hall–Kier alpha value is -1.39. The monoisotopic (exact) mass is 278 g/mol. The van der Waals surface area contributed by atoms with Crippen LogP contribution in [0.3, 0.4) is 0 Å². The maximum absolute atomic E-state index is 11.8. The van der Waals surface area contributed by atoms with Crippen LogP contribution in [0, 0.1) is 0 Å². The molecule has 1 aromatic carbocycles. The van der Waals surface area contributed by atoms with Gasteiger partial charge in [0.15, 0.2) is 5.78 Å². The molecule has 1 unspecified atom stereocenters. The second kappa shape index (κ2) is 6.68. The normalized spacial score (nSPS) is 14.1. The first-order valence-corrected chi connectivity index (χ1v) is 9.82. The minimum Gasteiger partial charge on any atom is -0.547 e. The van der Waals surface area contributed by atoms with E-state index in [0.29, 0.717) is 5.76 Å². The highest BCUT2D eigenvalue weighted by molar-refractivity contribution is 6.70. The molecule has 1 rings (SSSR count). The molecular formula is C15H22O3Si. The SMILES string of the molecule is C/C(=C\C(=O)CC(O)c1ccccc1)O[Si](C)(C)C. The Morgan fingerprint density at radius 3 is 2.42 bits per heavy atom. The number of carbonyl (C=O) groups is 1. The molecule has 0 fully saturated rings. The number of carbonyl (C=O) groups excluding carboxylic acids is 1. The first-order valence-electron chi connectivity index (χ1n) is 6.41. The minimum absolute atomic E-state index is 0.0798. The van der Waals surface area contributed by atoms with Crippen molar-refractivity contribution in [3.8, 4) is 0 Å². The third-order valence-electron chi connectivity index (χ3n) is 2.41. The molecular weight excluding hydrogens is 256 g/mol. The van der Waals surface area contributed by atoms with Gasteiger partial charge in [0.1, 0.15) is 0 Å². The van der Waals surface area contributed by atoms with Gasteiger partial charge in [0.2, 0.25) is 8.32 Å². The van der Waals surface area contributed by atoms with Crippen LogP contribution in [0.4, 0.5) is 0 Å². The zero-order valence-electron chi connectivity index (χ0n) is 12.0. The molecule has 104 valence electrons. The molecule has 1 N–H and O–H groups in total. The second-order valence-corrected chi connectivity index (χ2v) is 10.00. The first-order chi connectivity index (χ1) is 8.78. The Kier molecular flexibility index (Phi) is 5.51. The first kappa shape index (κ1) is 15.7. The lowest BCUT2D eigenvalue weighted by molar-refractivity contribution is -0.116. The van der Waals surface area contributed by atoms with Gasteiger partial charge in [-0.25, -0.2) is 0 Å². The van der Waals surface area contributed by atoms with Crippen LogP contribution >= 0.6 is 0 Å². The van der Waals surface area contributed by atoms with Crippen LogP contribution < -0.4 is 0 Å². The number of allylic oxidation sites excluding steroid dienone is 2. The summed E-state index contributed by atoms with van der Waals surface area (Å²) in [5.74, 6) is 0.511. The zero-order chi connectivity index (χ0) is 14.5. The molecule has 0 aromatic heterocycles. The van der Waals surface area contributed by atoms with E-state index in [-0.39, 0.29) is 12.2 Å². The van der Waals surface area contributed by atoms with Crippen molar-refractivity contribution in [2.24, 2.45) is 0 Å². The number of hydrogen-bond acceptors (Lipinski definition) is 3. The van der Waals surface area contributed by atoms with Gasteiger partial charge < -0.3 is 9.53 Å². The summed E-state index contributed by atoms with van der Waals surface area (Å²) < 4.78 is 5.69. The third kappa shape index (κ3) is 6.36. The highest BCUT2D eigenvalue weighted by Gasteiger charge is 2.17. The van der Waals surface area contributed by atoms with Crippen LogP contribution in [-0.2, 0) is 9.22 Å². The second-order valence-electron chi connectivity index (χ2n) is 5.57. The molecule has 19 heavy (non-hydrogen) atoms. The summed E-state index contributed by atoms with van der Waals surface area (Å²) in [5.41, 5.74) is 0.757. The number of benzene rings is 1. The predicted octanol–water partition coefficient (Wildman–Crippen LogP) is 3.43. The Balaban J connectivity index is 2.58. The molecule has 1 atom stereocenters. The molecule has 0 spiro atoms. The Labute approximate surface area is 116 Å². The topological polar surface area (TPSA) is 46.5 Å². The van der Waals surface area contributed by atoms with Gasteiger partial charge in [-0.15, -0.1) is 0 Å². The van der Waals surface area contributed by atoms with E-state index in [1.54, 1.807) is 6.92 Å². The van der Waals surface area contributed by atoms with E-state index >= 15 is 0 Å². The van der Waals surface area contributed by atoms with Crippen molar-refractivity contribution in [2.75, 3.05) is 0 Å². The summed E-state index contributed by atoms with van der Waals surface area (Å²) in [6, 6.07) is 9.20. The van der Waals surface area contributed by atoms with Crippen molar-refractivity contribution in [1.82, 2.24) is 0 Å². The van der Waals surface area contributed by atoms with Crippen molar-refractivity contribution in [1.29, 1.82) is 0 Å². The number of aliphatic hydroxyl groups is 1. The standard InChI is InChI=1S/C15H22O3Si/c1-12(18-19(2,3)4)10-14(16)11-15(17)13-8-6-5-7-9-13/h5-10,15,17H,11H2,1-4H3/b12-10+. The molecule has 4 heteroatoms. The van der Waals surface area contributed by atoms with Crippen molar-refractivity contribution < 1.29 is 14.3 Å². The molecule has 1 aromatic rings. The maximum atomic E-state index is 11.8. The molecule has 0 aliphatic heterocycles. The van der Waals surface area contributed by atoms with E-state index < -0.39 is 14.4 Å². The summed E-state index contributed by atoms with van der Waals surface area (Å²) in [7, 11) is -1.67. The quantitative estimate of drug-likeness (QED) is 0.492. The summed E-state index contributed by atoms with van der Waals surface area (Å²) in [6.45, 7) is 7.97. The van der Waals surface area contributed by atoms with Crippen LogP contribution in [0.15, 0.2) is 42.2 Å². The lowest BCUT2D eigenvalue weighted by Crippen LogP contribution is -2.24. The Morgan fingerprint density at radius 2 is 1.89 bits per heavy atom. The van der Waals surface area contributed by atoms with E-state index in [4.69, 9.17) is 4.43 Å². The largest absolute Gasteiger partial charge is 0.547 e. The van der Waals surface area contributed by atoms with Gasteiger partial charge in [-0.2, -0.15) is 0 Å². The molecule has 0 heterocycles. The van der Waals surface area contributed by atoms with Crippen LogP contribution in [0.2, 0.25) is 19.6 Å². The fourth-order valence-electron chi connectivity index (χ4n) is 1.78. The van der Waals surface area contributed by atoms with Crippen LogP contribution in [0.25, 0.3) is 0 Å². The average Bonchev–Trinajstić information content (AvgIpc) is 2.27. The molecule has 0 saturated carbocycles. The van der Waals surface area contributed by atoms with E-state index in [1.165, 1.54) is 6.08 Å². The molecule has 0 aliphatic rings. The number of hydrogen-bond donors (Lipinski definition) is 1. The fourth-order valence-corrected chi connectivity index (χ4v) is 2.81. The number of rotatable bonds is 6. The summed E-state index contributed by atoms with van der Waals surface area (Å²) >= 11 is 0. The summed E-state index contributed by atoms with van der Waals surface area (Å²) in [6.07, 6.45) is 0.797. The van der Waals surface area contributed by atoms with Gasteiger partial charge in [0.25, 0.3) is 0 Å². The van der Waals surface area contributed by atoms with Crippen molar-refractivity contribution in [2.45, 2.75) is 39.1 Å².